The molecule has 0 aliphatic rings. The lowest BCUT2D eigenvalue weighted by Crippen LogP contribution is -1.96. The molecule has 300 valence electrons. The van der Waals surface area contributed by atoms with Crippen molar-refractivity contribution in [2.24, 2.45) is 0 Å². The number of nitrogens with zero attached hydrogens (tertiary/aromatic N) is 3. The second kappa shape index (κ2) is 15.7. The van der Waals surface area contributed by atoms with Gasteiger partial charge in [0.2, 0.25) is 5.89 Å². The van der Waals surface area contributed by atoms with Crippen LogP contribution in [0.2, 0.25) is 0 Å². The molecule has 0 radical (unpaired) electrons. The molecule has 0 saturated heterocycles. The molecule has 5 nitrogen and oxygen atoms in total. The molecule has 5 heteroatoms. The molecule has 3 aromatic heterocycles. The van der Waals surface area contributed by atoms with Gasteiger partial charge >= 0.3 is 0 Å². The van der Waals surface area contributed by atoms with Crippen molar-refractivity contribution in [3.05, 3.63) is 224 Å². The van der Waals surface area contributed by atoms with E-state index >= 15 is 0 Å². The molecule has 12 rings (SSSR count). The molecular weight excluding hydrogens is 783 g/mol. The molecule has 0 saturated carbocycles. The first-order valence-electron chi connectivity index (χ1n) is 21.4. The van der Waals surface area contributed by atoms with Crippen LogP contribution in [0, 0.1) is 0 Å². The number of para-hydroxylation sites is 2. The normalized spacial score (nSPS) is 11.4. The first kappa shape index (κ1) is 37.1. The van der Waals surface area contributed by atoms with Crippen molar-refractivity contribution in [1.29, 1.82) is 0 Å². The summed E-state index contributed by atoms with van der Waals surface area (Å²) < 4.78 is 12.5. The van der Waals surface area contributed by atoms with Crippen LogP contribution in [-0.2, 0) is 0 Å². The fourth-order valence-electron chi connectivity index (χ4n) is 8.66. The third kappa shape index (κ3) is 6.91. The summed E-state index contributed by atoms with van der Waals surface area (Å²) in [7, 11) is 0. The molecule has 0 unspecified atom stereocenters. The zero-order valence-corrected chi connectivity index (χ0v) is 34.5. The Morgan fingerprint density at radius 2 is 0.797 bits per heavy atom. The van der Waals surface area contributed by atoms with Gasteiger partial charge in [0.15, 0.2) is 11.4 Å². The maximum Gasteiger partial charge on any atom is 0.227 e. The van der Waals surface area contributed by atoms with Gasteiger partial charge in [0.1, 0.15) is 16.7 Å². The zero-order chi connectivity index (χ0) is 42.4. The van der Waals surface area contributed by atoms with Gasteiger partial charge in [-0.15, -0.1) is 0 Å². The Morgan fingerprint density at radius 3 is 1.55 bits per heavy atom. The minimum Gasteiger partial charge on any atom is -0.456 e. The molecule has 0 bridgehead atoms. The predicted octanol–water partition coefficient (Wildman–Crippen LogP) is 15.9. The van der Waals surface area contributed by atoms with Crippen LogP contribution in [0.5, 0.6) is 0 Å². The van der Waals surface area contributed by atoms with E-state index in [9.17, 15) is 0 Å². The lowest BCUT2D eigenvalue weighted by Gasteiger charge is -2.12. The summed E-state index contributed by atoms with van der Waals surface area (Å²) in [5.74, 6) is 1.28. The van der Waals surface area contributed by atoms with Crippen LogP contribution in [0.3, 0.4) is 0 Å². The van der Waals surface area contributed by atoms with Crippen molar-refractivity contribution in [3.8, 4) is 89.9 Å². The Hall–Kier alpha value is -8.67. The number of fused-ring (bicyclic) bond motifs is 4. The van der Waals surface area contributed by atoms with E-state index in [1.165, 1.54) is 5.56 Å². The third-order valence-electron chi connectivity index (χ3n) is 12.0. The Kier molecular flexibility index (Phi) is 9.08. The first-order valence-corrected chi connectivity index (χ1v) is 21.4. The minimum atomic E-state index is 0.621. The summed E-state index contributed by atoms with van der Waals surface area (Å²) in [6.07, 6.45) is 0. The summed E-state index contributed by atoms with van der Waals surface area (Å²) in [5.41, 5.74) is 17.8. The highest BCUT2D eigenvalue weighted by molar-refractivity contribution is 6.06. The molecule has 0 aliphatic carbocycles. The summed E-state index contributed by atoms with van der Waals surface area (Å²) in [6, 6.07) is 77.7. The Bertz CT molecular complexity index is 3650. The molecule has 64 heavy (non-hydrogen) atoms. The van der Waals surface area contributed by atoms with E-state index in [1.807, 2.05) is 72.8 Å². The topological polar surface area (TPSA) is 65.0 Å². The summed E-state index contributed by atoms with van der Waals surface area (Å²) >= 11 is 0. The van der Waals surface area contributed by atoms with Crippen molar-refractivity contribution in [2.75, 3.05) is 0 Å². The van der Waals surface area contributed by atoms with Gasteiger partial charge in [-0.05, 0) is 99.6 Å². The number of rotatable bonds is 8. The number of furan rings is 1. The van der Waals surface area contributed by atoms with E-state index in [0.717, 1.165) is 106 Å². The summed E-state index contributed by atoms with van der Waals surface area (Å²) in [4.78, 5) is 15.3. The highest BCUT2D eigenvalue weighted by atomic mass is 16.3. The van der Waals surface area contributed by atoms with E-state index < -0.39 is 0 Å². The number of hydrogen-bond donors (Lipinski definition) is 0. The van der Waals surface area contributed by atoms with Crippen LogP contribution < -0.4 is 0 Å². The third-order valence-corrected chi connectivity index (χ3v) is 12.0. The average Bonchev–Trinajstić information content (AvgIpc) is 3.99. The summed E-state index contributed by atoms with van der Waals surface area (Å²) in [6.45, 7) is 0. The quantitative estimate of drug-likeness (QED) is 0.153. The zero-order valence-electron chi connectivity index (χ0n) is 34.5. The van der Waals surface area contributed by atoms with E-state index in [4.69, 9.17) is 23.8 Å². The highest BCUT2D eigenvalue weighted by Crippen LogP contribution is 2.37. The van der Waals surface area contributed by atoms with Gasteiger partial charge in [-0.2, -0.15) is 0 Å². The lowest BCUT2D eigenvalue weighted by atomic mass is 9.96. The predicted molar refractivity (Wildman–Crippen MR) is 260 cm³/mol. The molecule has 0 atom stereocenters. The monoisotopic (exact) mass is 819 g/mol. The molecule has 0 fully saturated rings. The number of oxazole rings is 1. The van der Waals surface area contributed by atoms with Gasteiger partial charge < -0.3 is 8.83 Å². The Balaban J connectivity index is 0.890. The maximum absolute atomic E-state index is 6.34. The van der Waals surface area contributed by atoms with Crippen LogP contribution in [-0.4, -0.2) is 15.0 Å². The standard InChI is InChI=1S/C59H37N3O2/c1-3-12-38(13-4-1)39-26-30-42(31-27-39)53-37-54(47-32-33-56-51(36-47)50-20-7-8-23-55(50)63-56)61-58(60-53)48-19-10-18-46(35-48)45-17-9-16-44(34-45)40-24-28-41(29-25-40)49-21-11-22-52-57(49)64-59(62-52)43-14-5-2-6-15-43/h1-37H. The van der Waals surface area contributed by atoms with Crippen LogP contribution in [0.4, 0.5) is 0 Å². The minimum absolute atomic E-state index is 0.621. The van der Waals surface area contributed by atoms with Crippen LogP contribution in [0.1, 0.15) is 0 Å². The van der Waals surface area contributed by atoms with Crippen LogP contribution in [0.15, 0.2) is 233 Å². The van der Waals surface area contributed by atoms with Crippen molar-refractivity contribution in [3.63, 3.8) is 0 Å². The Morgan fingerprint density at radius 1 is 0.281 bits per heavy atom. The molecular formula is C59H37N3O2. The van der Waals surface area contributed by atoms with Gasteiger partial charge in [-0.25, -0.2) is 15.0 Å². The van der Waals surface area contributed by atoms with Crippen molar-refractivity contribution >= 4 is 33.0 Å². The van der Waals surface area contributed by atoms with E-state index in [1.54, 1.807) is 0 Å². The fourth-order valence-corrected chi connectivity index (χ4v) is 8.66. The molecule has 0 aliphatic heterocycles. The van der Waals surface area contributed by atoms with Gasteiger partial charge in [-0.1, -0.05) is 164 Å². The highest BCUT2D eigenvalue weighted by Gasteiger charge is 2.16. The number of benzene rings is 9. The van der Waals surface area contributed by atoms with Crippen molar-refractivity contribution < 1.29 is 8.83 Å². The van der Waals surface area contributed by atoms with Gasteiger partial charge in [0.05, 0.1) is 11.4 Å². The largest absolute Gasteiger partial charge is 0.456 e. The van der Waals surface area contributed by atoms with E-state index in [-0.39, 0.29) is 0 Å². The Labute approximate surface area is 369 Å². The van der Waals surface area contributed by atoms with Gasteiger partial charge in [0.25, 0.3) is 0 Å². The van der Waals surface area contributed by atoms with Gasteiger partial charge in [0, 0.05) is 38.6 Å². The first-order chi connectivity index (χ1) is 31.7. The fraction of sp³-hybridized carbons (Fsp3) is 0. The lowest BCUT2D eigenvalue weighted by molar-refractivity contribution is 0.621. The average molecular weight is 820 g/mol. The summed E-state index contributed by atoms with van der Waals surface area (Å²) in [5, 5.41) is 2.14. The second-order valence-electron chi connectivity index (χ2n) is 16.0. The number of hydrogen-bond acceptors (Lipinski definition) is 5. The SMILES string of the molecule is c1ccc(-c2ccc(-c3cc(-c4ccc5oc6ccccc6c5c4)nc(-c4cccc(-c5cccc(-c6ccc(-c7cccc8nc(-c9ccccc9)oc78)cc6)c5)c4)n3)cc2)cc1. The van der Waals surface area contributed by atoms with Crippen molar-refractivity contribution in [1.82, 2.24) is 15.0 Å². The molecule has 0 N–H and O–H groups in total. The van der Waals surface area contributed by atoms with Crippen LogP contribution in [0.25, 0.3) is 123 Å². The molecule has 9 aromatic carbocycles. The smallest absolute Gasteiger partial charge is 0.227 e. The van der Waals surface area contributed by atoms with Crippen molar-refractivity contribution in [2.45, 2.75) is 0 Å². The van der Waals surface area contributed by atoms with Gasteiger partial charge in [-0.3, -0.25) is 0 Å². The molecule has 12 aromatic rings. The van der Waals surface area contributed by atoms with Crippen LogP contribution >= 0.6 is 0 Å². The number of aromatic nitrogens is 3. The van der Waals surface area contributed by atoms with E-state index in [2.05, 4.69) is 152 Å². The van der Waals surface area contributed by atoms with E-state index in [0.29, 0.717) is 11.7 Å². The molecule has 3 heterocycles. The maximum atomic E-state index is 6.34. The molecule has 0 spiro atoms. The second-order valence-corrected chi connectivity index (χ2v) is 16.0. The molecule has 0 amide bonds.